The minimum atomic E-state index is -0.0143. The Hall–Kier alpha value is -0.770. The summed E-state index contributed by atoms with van der Waals surface area (Å²) >= 11 is 0. The second-order valence-corrected chi connectivity index (χ2v) is 6.71. The molecule has 0 aromatic carbocycles. The Morgan fingerprint density at radius 1 is 1.21 bits per heavy atom. The molecule has 2 bridgehead atoms. The van der Waals surface area contributed by atoms with Crippen molar-refractivity contribution in [3.05, 3.63) is 0 Å². The van der Waals surface area contributed by atoms with E-state index >= 15 is 0 Å². The summed E-state index contributed by atoms with van der Waals surface area (Å²) in [5.41, 5.74) is 0. The van der Waals surface area contributed by atoms with Gasteiger partial charge in [-0.05, 0) is 49.9 Å². The van der Waals surface area contributed by atoms with Gasteiger partial charge in [-0.3, -0.25) is 0 Å². The normalized spacial score (nSPS) is 43.3. The fraction of sp³-hybridized carbons (Fsp3) is 0.933. The third-order valence-corrected chi connectivity index (χ3v) is 5.50. The maximum absolute atomic E-state index is 12.0. The highest BCUT2D eigenvalue weighted by Gasteiger charge is 2.48. The van der Waals surface area contributed by atoms with Crippen molar-refractivity contribution in [1.29, 1.82) is 0 Å². The lowest BCUT2D eigenvalue weighted by atomic mass is 9.85. The molecule has 2 amide bonds. The van der Waals surface area contributed by atoms with Crippen molar-refractivity contribution < 1.29 is 9.90 Å². The van der Waals surface area contributed by atoms with Gasteiger partial charge in [0.2, 0.25) is 0 Å². The van der Waals surface area contributed by atoms with Crippen LogP contribution < -0.4 is 10.6 Å². The van der Waals surface area contributed by atoms with Crippen LogP contribution in [-0.4, -0.2) is 29.8 Å². The zero-order chi connectivity index (χ0) is 13.4. The van der Waals surface area contributed by atoms with Gasteiger partial charge in [-0.25, -0.2) is 4.79 Å². The molecular formula is C15H26N2O2. The van der Waals surface area contributed by atoms with E-state index in [4.69, 9.17) is 0 Å². The second kappa shape index (κ2) is 5.31. The molecule has 0 aromatic heterocycles. The quantitative estimate of drug-likeness (QED) is 0.711. The smallest absolute Gasteiger partial charge is 0.315 e. The number of aliphatic hydroxyl groups is 1. The maximum atomic E-state index is 12.0. The highest BCUT2D eigenvalue weighted by atomic mass is 16.3. The molecule has 0 spiro atoms. The highest BCUT2D eigenvalue weighted by molar-refractivity contribution is 5.75. The van der Waals surface area contributed by atoms with Crippen LogP contribution in [0.3, 0.4) is 0 Å². The van der Waals surface area contributed by atoms with Crippen molar-refractivity contribution in [2.24, 2.45) is 23.7 Å². The van der Waals surface area contributed by atoms with Crippen LogP contribution in [0.4, 0.5) is 4.79 Å². The molecule has 3 saturated carbocycles. The lowest BCUT2D eigenvalue weighted by Gasteiger charge is -2.30. The lowest BCUT2D eigenvalue weighted by molar-refractivity contribution is 0.144. The van der Waals surface area contributed by atoms with E-state index in [0.717, 1.165) is 6.42 Å². The van der Waals surface area contributed by atoms with Crippen LogP contribution in [0.1, 0.15) is 45.4 Å². The lowest BCUT2D eigenvalue weighted by Crippen LogP contribution is -2.49. The summed E-state index contributed by atoms with van der Waals surface area (Å²) in [6, 6.07) is 0.581. The Bertz CT molecular complexity index is 347. The van der Waals surface area contributed by atoms with Gasteiger partial charge in [-0.2, -0.15) is 0 Å². The molecule has 3 aliphatic carbocycles. The SMILES string of the molecule is CCCC1CC1NC(=O)NC1C2CCC(C2)C1CO. The van der Waals surface area contributed by atoms with Crippen LogP contribution in [-0.2, 0) is 0 Å². The van der Waals surface area contributed by atoms with Gasteiger partial charge in [0, 0.05) is 24.6 Å². The molecule has 0 saturated heterocycles. The number of carbonyl (C=O) groups is 1. The summed E-state index contributed by atoms with van der Waals surface area (Å²) in [6.07, 6.45) is 7.20. The monoisotopic (exact) mass is 266 g/mol. The molecule has 0 heterocycles. The molecule has 0 aliphatic heterocycles. The first-order valence-electron chi connectivity index (χ1n) is 7.90. The second-order valence-electron chi connectivity index (χ2n) is 6.71. The summed E-state index contributed by atoms with van der Waals surface area (Å²) in [7, 11) is 0. The van der Waals surface area contributed by atoms with E-state index in [1.807, 2.05) is 0 Å². The molecule has 3 rings (SSSR count). The summed E-state index contributed by atoms with van der Waals surface area (Å²) in [6.45, 7) is 2.41. The highest BCUT2D eigenvalue weighted by Crippen LogP contribution is 2.48. The third kappa shape index (κ3) is 2.60. The Balaban J connectivity index is 1.47. The van der Waals surface area contributed by atoms with Gasteiger partial charge in [0.1, 0.15) is 0 Å². The molecule has 108 valence electrons. The molecule has 19 heavy (non-hydrogen) atoms. The van der Waals surface area contributed by atoms with E-state index in [2.05, 4.69) is 17.6 Å². The van der Waals surface area contributed by atoms with Crippen LogP contribution in [0, 0.1) is 23.7 Å². The first-order valence-corrected chi connectivity index (χ1v) is 7.90. The molecule has 4 heteroatoms. The minimum absolute atomic E-state index is 0.0143. The molecular weight excluding hydrogens is 240 g/mol. The Kier molecular flexibility index (Phi) is 3.70. The van der Waals surface area contributed by atoms with Crippen molar-refractivity contribution in [3.63, 3.8) is 0 Å². The number of amides is 2. The Morgan fingerprint density at radius 3 is 2.74 bits per heavy atom. The maximum Gasteiger partial charge on any atom is 0.315 e. The molecule has 4 nitrogen and oxygen atoms in total. The third-order valence-electron chi connectivity index (χ3n) is 5.50. The molecule has 3 N–H and O–H groups in total. The van der Waals surface area contributed by atoms with Gasteiger partial charge in [-0.15, -0.1) is 0 Å². The topological polar surface area (TPSA) is 61.4 Å². The van der Waals surface area contributed by atoms with E-state index in [1.165, 1.54) is 32.1 Å². The van der Waals surface area contributed by atoms with E-state index in [0.29, 0.717) is 23.8 Å². The number of nitrogens with one attached hydrogen (secondary N) is 2. The number of aliphatic hydroxyl groups excluding tert-OH is 1. The fourth-order valence-corrected chi connectivity index (χ4v) is 4.37. The van der Waals surface area contributed by atoms with Crippen LogP contribution in [0.2, 0.25) is 0 Å². The van der Waals surface area contributed by atoms with Gasteiger partial charge in [0.25, 0.3) is 0 Å². The van der Waals surface area contributed by atoms with Crippen molar-refractivity contribution in [2.45, 2.75) is 57.5 Å². The van der Waals surface area contributed by atoms with Crippen molar-refractivity contribution in [3.8, 4) is 0 Å². The summed E-state index contributed by atoms with van der Waals surface area (Å²) < 4.78 is 0. The largest absolute Gasteiger partial charge is 0.396 e. The number of urea groups is 1. The molecule has 3 aliphatic rings. The number of carbonyl (C=O) groups excluding carboxylic acids is 1. The first kappa shape index (κ1) is 13.2. The van der Waals surface area contributed by atoms with E-state index in [-0.39, 0.29) is 24.6 Å². The van der Waals surface area contributed by atoms with Gasteiger partial charge < -0.3 is 15.7 Å². The molecule has 0 aromatic rings. The number of rotatable bonds is 5. The molecule has 0 radical (unpaired) electrons. The van der Waals surface area contributed by atoms with Gasteiger partial charge in [0.05, 0.1) is 0 Å². The van der Waals surface area contributed by atoms with E-state index in [1.54, 1.807) is 0 Å². The number of hydrogen-bond acceptors (Lipinski definition) is 2. The standard InChI is InChI=1S/C15H26N2O2/c1-2-3-10-7-13(10)16-15(19)17-14-11-5-4-9(6-11)12(14)8-18/h9-14,18H,2-8H2,1H3,(H2,16,17,19). The Morgan fingerprint density at radius 2 is 2.00 bits per heavy atom. The number of fused-ring (bicyclic) bond motifs is 2. The van der Waals surface area contributed by atoms with Crippen LogP contribution in [0.25, 0.3) is 0 Å². The van der Waals surface area contributed by atoms with Crippen LogP contribution >= 0.6 is 0 Å². The van der Waals surface area contributed by atoms with Crippen molar-refractivity contribution in [1.82, 2.24) is 10.6 Å². The van der Waals surface area contributed by atoms with Crippen molar-refractivity contribution >= 4 is 6.03 Å². The molecule has 3 fully saturated rings. The van der Waals surface area contributed by atoms with Crippen LogP contribution in [0.15, 0.2) is 0 Å². The van der Waals surface area contributed by atoms with Gasteiger partial charge >= 0.3 is 6.03 Å². The van der Waals surface area contributed by atoms with Gasteiger partial charge in [-0.1, -0.05) is 13.3 Å². The van der Waals surface area contributed by atoms with Crippen LogP contribution in [0.5, 0.6) is 0 Å². The predicted molar refractivity (Wildman–Crippen MR) is 73.7 cm³/mol. The summed E-state index contributed by atoms with van der Waals surface area (Å²) in [5, 5.41) is 15.7. The van der Waals surface area contributed by atoms with Gasteiger partial charge in [0.15, 0.2) is 0 Å². The van der Waals surface area contributed by atoms with E-state index < -0.39 is 0 Å². The predicted octanol–water partition coefficient (Wildman–Crippen LogP) is 1.88. The zero-order valence-electron chi connectivity index (χ0n) is 11.8. The average Bonchev–Trinajstić information content (AvgIpc) is 2.85. The first-order chi connectivity index (χ1) is 9.22. The Labute approximate surface area is 115 Å². The molecule has 6 unspecified atom stereocenters. The summed E-state index contributed by atoms with van der Waals surface area (Å²) in [4.78, 5) is 12.0. The summed E-state index contributed by atoms with van der Waals surface area (Å²) in [5.74, 6) is 2.21. The van der Waals surface area contributed by atoms with E-state index in [9.17, 15) is 9.90 Å². The molecule has 6 atom stereocenters. The fourth-order valence-electron chi connectivity index (χ4n) is 4.37. The van der Waals surface area contributed by atoms with Crippen molar-refractivity contribution in [2.75, 3.05) is 6.61 Å². The number of hydrogen-bond donors (Lipinski definition) is 3. The minimum Gasteiger partial charge on any atom is -0.396 e. The zero-order valence-corrected chi connectivity index (χ0v) is 11.8. The average molecular weight is 266 g/mol.